The molecule has 144 valence electrons. The van der Waals surface area contributed by atoms with Crippen molar-refractivity contribution in [3.05, 3.63) is 29.3 Å². The van der Waals surface area contributed by atoms with Gasteiger partial charge in [0.05, 0.1) is 4.90 Å². The molecule has 2 bridgehead atoms. The van der Waals surface area contributed by atoms with Gasteiger partial charge >= 0.3 is 12.1 Å². The summed E-state index contributed by atoms with van der Waals surface area (Å²) in [7, 11) is 1.46. The van der Waals surface area contributed by atoms with Crippen LogP contribution in [-0.4, -0.2) is 38.0 Å². The van der Waals surface area contributed by atoms with Crippen molar-refractivity contribution in [3.8, 4) is 0 Å². The minimum atomic E-state index is -4.94. The van der Waals surface area contributed by atoms with Gasteiger partial charge in [0.2, 0.25) is 0 Å². The molecule has 1 aromatic carbocycles. The number of nitrogens with zero attached hydrogens (tertiary/aromatic N) is 1. The molecule has 1 aliphatic heterocycles. The minimum Gasteiger partial charge on any atom is -0.331 e. The highest BCUT2D eigenvalue weighted by Gasteiger charge is 2.59. The van der Waals surface area contributed by atoms with Crippen LogP contribution in [-0.2, 0) is 25.7 Å². The average Bonchev–Trinajstić information content (AvgIpc) is 2.48. The van der Waals surface area contributed by atoms with Crippen molar-refractivity contribution in [2.45, 2.75) is 56.1 Å². The molecule has 1 fully saturated rings. The van der Waals surface area contributed by atoms with Gasteiger partial charge in [0.25, 0.3) is 9.05 Å². The fourth-order valence-corrected chi connectivity index (χ4v) is 5.27. The van der Waals surface area contributed by atoms with Gasteiger partial charge in [-0.2, -0.15) is 13.2 Å². The number of hydrogen-bond acceptors (Lipinski definition) is 3. The third kappa shape index (κ3) is 2.72. The van der Waals surface area contributed by atoms with Gasteiger partial charge in [-0.3, -0.25) is 4.79 Å². The summed E-state index contributed by atoms with van der Waals surface area (Å²) >= 11 is 0. The summed E-state index contributed by atoms with van der Waals surface area (Å²) in [5.41, 5.74) is 0.433. The third-order valence-corrected chi connectivity index (χ3v) is 7.70. The maximum Gasteiger partial charge on any atom is 0.471 e. The second kappa shape index (κ2) is 5.61. The Bertz CT molecular complexity index is 882. The Kier molecular flexibility index (Phi) is 4.20. The predicted molar refractivity (Wildman–Crippen MR) is 90.5 cm³/mol. The molecular weight excluding hydrogens is 391 g/mol. The molecule has 2 atom stereocenters. The number of piperidine rings is 1. The van der Waals surface area contributed by atoms with Crippen molar-refractivity contribution in [1.82, 2.24) is 4.90 Å². The second-order valence-corrected chi connectivity index (χ2v) is 10.3. The van der Waals surface area contributed by atoms with E-state index < -0.39 is 38.0 Å². The molecule has 0 saturated carbocycles. The Labute approximate surface area is 154 Å². The zero-order chi connectivity index (χ0) is 19.7. The van der Waals surface area contributed by atoms with Crippen LogP contribution < -0.4 is 0 Å². The molecule has 26 heavy (non-hydrogen) atoms. The van der Waals surface area contributed by atoms with E-state index in [4.69, 9.17) is 10.7 Å². The first kappa shape index (κ1) is 19.5. The SMILES string of the molecule is CC12CCN(C(=O)C(F)(F)F)[C@H](Cc3cc(S(=O)(=O)Cl)ccc31)C2(C)C. The first-order valence-corrected chi connectivity index (χ1v) is 10.5. The molecule has 1 aliphatic carbocycles. The maximum atomic E-state index is 13.0. The Hall–Kier alpha value is -1.28. The van der Waals surface area contributed by atoms with E-state index in [9.17, 15) is 26.4 Å². The van der Waals surface area contributed by atoms with Crippen LogP contribution in [0.15, 0.2) is 23.1 Å². The molecule has 0 spiro atoms. The number of rotatable bonds is 1. The quantitative estimate of drug-likeness (QED) is 0.666. The highest BCUT2D eigenvalue weighted by molar-refractivity contribution is 8.13. The van der Waals surface area contributed by atoms with E-state index in [1.165, 1.54) is 12.1 Å². The van der Waals surface area contributed by atoms with E-state index in [1.54, 1.807) is 6.07 Å². The zero-order valence-electron chi connectivity index (χ0n) is 14.5. The largest absolute Gasteiger partial charge is 0.471 e. The van der Waals surface area contributed by atoms with Crippen LogP contribution in [0, 0.1) is 5.41 Å². The Morgan fingerprint density at radius 3 is 2.42 bits per heavy atom. The van der Waals surface area contributed by atoms with Crippen LogP contribution in [0.5, 0.6) is 0 Å². The molecule has 0 radical (unpaired) electrons. The lowest BCUT2D eigenvalue weighted by atomic mass is 9.51. The maximum absolute atomic E-state index is 13.0. The lowest BCUT2D eigenvalue weighted by Gasteiger charge is -2.60. The van der Waals surface area contributed by atoms with Crippen molar-refractivity contribution in [1.29, 1.82) is 0 Å². The number of hydrogen-bond donors (Lipinski definition) is 0. The summed E-state index contributed by atoms with van der Waals surface area (Å²) < 4.78 is 62.4. The van der Waals surface area contributed by atoms with Gasteiger partial charge in [-0.1, -0.05) is 26.8 Å². The molecule has 0 aromatic heterocycles. The molecule has 4 nitrogen and oxygen atoms in total. The summed E-state index contributed by atoms with van der Waals surface area (Å²) in [6.45, 7) is 5.70. The number of fused-ring (bicyclic) bond motifs is 4. The number of halogens is 4. The Morgan fingerprint density at radius 1 is 1.27 bits per heavy atom. The number of likely N-dealkylation sites (tertiary alicyclic amines) is 1. The molecular formula is C17H19ClF3NO3S. The van der Waals surface area contributed by atoms with Gasteiger partial charge in [0.1, 0.15) is 0 Å². The Balaban J connectivity index is 2.14. The number of carbonyl (C=O) groups is 1. The molecule has 9 heteroatoms. The lowest BCUT2D eigenvalue weighted by molar-refractivity contribution is -0.195. The lowest BCUT2D eigenvalue weighted by Crippen LogP contribution is -2.66. The molecule has 1 unspecified atom stereocenters. The van der Waals surface area contributed by atoms with Crippen LogP contribution in [0.2, 0.25) is 0 Å². The summed E-state index contributed by atoms with van der Waals surface area (Å²) in [5, 5.41) is 0. The van der Waals surface area contributed by atoms with E-state index in [0.717, 1.165) is 10.5 Å². The van der Waals surface area contributed by atoms with Crippen LogP contribution in [0.4, 0.5) is 13.2 Å². The van der Waals surface area contributed by atoms with Crippen LogP contribution in [0.1, 0.15) is 38.3 Å². The Morgan fingerprint density at radius 2 is 1.88 bits per heavy atom. The number of amides is 1. The van der Waals surface area contributed by atoms with E-state index in [2.05, 4.69) is 0 Å². The van der Waals surface area contributed by atoms with Crippen molar-refractivity contribution in [2.24, 2.45) is 5.41 Å². The molecule has 1 aromatic rings. The van der Waals surface area contributed by atoms with Crippen molar-refractivity contribution in [2.75, 3.05) is 6.54 Å². The number of benzene rings is 1. The van der Waals surface area contributed by atoms with E-state index in [0.29, 0.717) is 12.0 Å². The van der Waals surface area contributed by atoms with Crippen molar-refractivity contribution in [3.63, 3.8) is 0 Å². The summed E-state index contributed by atoms with van der Waals surface area (Å²) in [4.78, 5) is 12.7. The van der Waals surface area contributed by atoms with Gasteiger partial charge in [0, 0.05) is 28.7 Å². The van der Waals surface area contributed by atoms with Crippen molar-refractivity contribution < 1.29 is 26.4 Å². The highest BCUT2D eigenvalue weighted by atomic mass is 35.7. The summed E-state index contributed by atoms with van der Waals surface area (Å²) in [6.07, 6.45) is -4.43. The van der Waals surface area contributed by atoms with E-state index in [-0.39, 0.29) is 17.9 Å². The predicted octanol–water partition coefficient (Wildman–Crippen LogP) is 3.62. The van der Waals surface area contributed by atoms with E-state index in [1.807, 2.05) is 20.8 Å². The second-order valence-electron chi connectivity index (χ2n) is 7.78. The average molecular weight is 410 g/mol. The van der Waals surface area contributed by atoms with Gasteiger partial charge < -0.3 is 4.90 Å². The normalized spacial score (nSPS) is 27.8. The molecule has 3 rings (SSSR count). The summed E-state index contributed by atoms with van der Waals surface area (Å²) in [6, 6.07) is 3.86. The van der Waals surface area contributed by atoms with Crippen LogP contribution >= 0.6 is 10.7 Å². The van der Waals surface area contributed by atoms with Crippen LogP contribution in [0.3, 0.4) is 0 Å². The number of carbonyl (C=O) groups excluding carboxylic acids is 1. The molecule has 2 aliphatic rings. The molecule has 1 heterocycles. The van der Waals surface area contributed by atoms with Gasteiger partial charge in [-0.25, -0.2) is 8.42 Å². The highest BCUT2D eigenvalue weighted by Crippen LogP contribution is 2.56. The zero-order valence-corrected chi connectivity index (χ0v) is 16.1. The fourth-order valence-electron chi connectivity index (χ4n) is 4.47. The standard InChI is InChI=1S/C17H19ClF3NO3S/c1-15(2)13-9-10-8-11(26(18,24)25)4-5-12(10)16(15,3)6-7-22(13)14(23)17(19,20)21/h4-5,8,13H,6-7,9H2,1-3H3/t13-,16?/m1/s1. The van der Waals surface area contributed by atoms with Gasteiger partial charge in [-0.05, 0) is 41.5 Å². The monoisotopic (exact) mass is 409 g/mol. The smallest absolute Gasteiger partial charge is 0.331 e. The topological polar surface area (TPSA) is 54.5 Å². The molecule has 1 amide bonds. The van der Waals surface area contributed by atoms with Gasteiger partial charge in [0.15, 0.2) is 0 Å². The van der Waals surface area contributed by atoms with Gasteiger partial charge in [-0.15, -0.1) is 0 Å². The minimum absolute atomic E-state index is 0.0118. The fraction of sp³-hybridized carbons (Fsp3) is 0.588. The summed E-state index contributed by atoms with van der Waals surface area (Å²) in [5.74, 6) is -1.85. The molecule has 1 saturated heterocycles. The van der Waals surface area contributed by atoms with Crippen molar-refractivity contribution >= 4 is 25.6 Å². The first-order chi connectivity index (χ1) is 11.7. The molecule has 0 N–H and O–H groups in total. The van der Waals surface area contributed by atoms with E-state index >= 15 is 0 Å². The third-order valence-electron chi connectivity index (χ3n) is 6.35. The first-order valence-electron chi connectivity index (χ1n) is 8.15. The van der Waals surface area contributed by atoms with Crippen LogP contribution in [0.25, 0.3) is 0 Å². The number of alkyl halides is 3.